The zero-order valence-corrected chi connectivity index (χ0v) is 16.1. The molecule has 7 atom stereocenters. The molecule has 2 bridgehead atoms. The molecule has 27 heavy (non-hydrogen) atoms. The maximum absolute atomic E-state index is 12.9. The van der Waals surface area contributed by atoms with Crippen LogP contribution in [0.4, 0.5) is 0 Å². The quantitative estimate of drug-likeness (QED) is 0.593. The van der Waals surface area contributed by atoms with Crippen molar-refractivity contribution in [2.45, 2.75) is 70.1 Å². The third-order valence-corrected chi connectivity index (χ3v) is 7.37. The molecule has 0 N–H and O–H groups in total. The van der Waals surface area contributed by atoms with Gasteiger partial charge in [-0.05, 0) is 50.5 Å². The molecule has 5 heteroatoms. The van der Waals surface area contributed by atoms with Gasteiger partial charge in [-0.1, -0.05) is 37.3 Å². The molecule has 1 aromatic rings. The lowest BCUT2D eigenvalue weighted by atomic mass is 9.57. The predicted molar refractivity (Wildman–Crippen MR) is 97.1 cm³/mol. The smallest absolute Gasteiger partial charge is 0.311 e. The van der Waals surface area contributed by atoms with Gasteiger partial charge in [0.1, 0.15) is 0 Å². The van der Waals surface area contributed by atoms with E-state index in [1.165, 1.54) is 5.56 Å². The molecule has 0 amide bonds. The zero-order chi connectivity index (χ0) is 18.6. The Morgan fingerprint density at radius 3 is 2.70 bits per heavy atom. The summed E-state index contributed by atoms with van der Waals surface area (Å²) < 4.78 is 12.0. The molecule has 0 unspecified atom stereocenters. The highest BCUT2D eigenvalue weighted by atomic mass is 17.3. The fourth-order valence-corrected chi connectivity index (χ4v) is 5.90. The number of rotatable bonds is 3. The van der Waals surface area contributed by atoms with Crippen molar-refractivity contribution in [2.75, 3.05) is 0 Å². The number of carbonyl (C=O) groups is 1. The number of aryl methyl sites for hydroxylation is 1. The van der Waals surface area contributed by atoms with E-state index in [2.05, 4.69) is 19.1 Å². The van der Waals surface area contributed by atoms with E-state index >= 15 is 0 Å². The first kappa shape index (κ1) is 17.7. The Bertz CT molecular complexity index is 721. The van der Waals surface area contributed by atoms with Crippen LogP contribution in [0.1, 0.15) is 51.5 Å². The second kappa shape index (κ2) is 6.29. The minimum Gasteiger partial charge on any atom is -0.432 e. The van der Waals surface area contributed by atoms with Crippen molar-refractivity contribution in [3.05, 3.63) is 35.9 Å². The van der Waals surface area contributed by atoms with E-state index in [1.807, 2.05) is 25.1 Å². The Labute approximate surface area is 160 Å². The van der Waals surface area contributed by atoms with Gasteiger partial charge < -0.3 is 9.47 Å². The second-order valence-corrected chi connectivity index (χ2v) is 8.98. The molecule has 1 saturated carbocycles. The molecule has 0 aromatic heterocycles. The van der Waals surface area contributed by atoms with Crippen LogP contribution in [0.2, 0.25) is 0 Å². The van der Waals surface area contributed by atoms with Crippen LogP contribution in [0.25, 0.3) is 0 Å². The molecule has 1 spiro atoms. The van der Waals surface area contributed by atoms with Gasteiger partial charge in [0.05, 0.1) is 5.92 Å². The van der Waals surface area contributed by atoms with Crippen molar-refractivity contribution in [3.63, 3.8) is 0 Å². The van der Waals surface area contributed by atoms with E-state index in [1.54, 1.807) is 0 Å². The van der Waals surface area contributed by atoms with Gasteiger partial charge in [0.15, 0.2) is 5.60 Å². The summed E-state index contributed by atoms with van der Waals surface area (Å²) in [6, 6.07) is 10.3. The SMILES string of the molecule is C[C@@H]1CC[C@H]2[C@@H](CCc3ccccc3)C(=O)O[C@@H]3O[C@@]4(C)CC[C@@H]1[C@]32OO4. The minimum atomic E-state index is -0.825. The lowest BCUT2D eigenvalue weighted by Crippen LogP contribution is -2.70. The Morgan fingerprint density at radius 2 is 1.89 bits per heavy atom. The van der Waals surface area contributed by atoms with Crippen LogP contribution in [-0.2, 0) is 30.5 Å². The average molecular weight is 372 g/mol. The van der Waals surface area contributed by atoms with Gasteiger partial charge in [-0.3, -0.25) is 4.79 Å². The van der Waals surface area contributed by atoms with Crippen molar-refractivity contribution in [1.82, 2.24) is 0 Å². The molecule has 5 nitrogen and oxygen atoms in total. The lowest BCUT2D eigenvalue weighted by Gasteiger charge is -2.58. The summed E-state index contributed by atoms with van der Waals surface area (Å²) in [5, 5.41) is 0. The highest BCUT2D eigenvalue weighted by molar-refractivity contribution is 5.74. The Morgan fingerprint density at radius 1 is 1.07 bits per heavy atom. The van der Waals surface area contributed by atoms with E-state index in [0.717, 1.165) is 38.5 Å². The molecule has 6 rings (SSSR count). The van der Waals surface area contributed by atoms with Gasteiger partial charge >= 0.3 is 5.97 Å². The number of esters is 1. The van der Waals surface area contributed by atoms with Gasteiger partial charge in [0, 0.05) is 18.3 Å². The maximum Gasteiger partial charge on any atom is 0.311 e. The number of hydrogen-bond donors (Lipinski definition) is 0. The van der Waals surface area contributed by atoms with Gasteiger partial charge in [0.2, 0.25) is 12.1 Å². The topological polar surface area (TPSA) is 54.0 Å². The summed E-state index contributed by atoms with van der Waals surface area (Å²) in [4.78, 5) is 24.9. The van der Waals surface area contributed by atoms with Crippen molar-refractivity contribution in [2.24, 2.45) is 23.7 Å². The predicted octanol–water partition coefficient (Wildman–Crippen LogP) is 4.01. The Balaban J connectivity index is 1.47. The van der Waals surface area contributed by atoms with Gasteiger partial charge in [0.25, 0.3) is 0 Å². The van der Waals surface area contributed by atoms with E-state index in [9.17, 15) is 4.79 Å². The highest BCUT2D eigenvalue weighted by Crippen LogP contribution is 2.60. The van der Waals surface area contributed by atoms with Crippen LogP contribution in [0.15, 0.2) is 30.3 Å². The van der Waals surface area contributed by atoms with E-state index in [4.69, 9.17) is 19.2 Å². The van der Waals surface area contributed by atoms with Crippen LogP contribution in [0.3, 0.4) is 0 Å². The Kier molecular flexibility index (Phi) is 4.12. The zero-order valence-electron chi connectivity index (χ0n) is 16.1. The summed E-state index contributed by atoms with van der Waals surface area (Å²) in [5.74, 6) is -0.266. The molecule has 4 aliphatic heterocycles. The van der Waals surface area contributed by atoms with Gasteiger partial charge in [-0.25, -0.2) is 9.78 Å². The van der Waals surface area contributed by atoms with Crippen LogP contribution in [0.5, 0.6) is 0 Å². The summed E-state index contributed by atoms with van der Waals surface area (Å²) in [6.07, 6.45) is 4.77. The number of fused-ring (bicyclic) bond motifs is 2. The molecule has 1 aliphatic carbocycles. The first-order valence-corrected chi connectivity index (χ1v) is 10.3. The third-order valence-electron chi connectivity index (χ3n) is 7.37. The van der Waals surface area contributed by atoms with Crippen LogP contribution >= 0.6 is 0 Å². The third kappa shape index (κ3) is 2.66. The standard InChI is InChI=1S/C22H28O5/c1-14-8-11-18-16(10-9-15-6-4-3-5-7-15)19(23)24-20-22(18)17(14)12-13-21(2,25-20)26-27-22/h3-7,14,16-18,20H,8-13H2,1-2H3/t14-,16-,17+,18+,20-,21-,22-/m1/s1. The van der Waals surface area contributed by atoms with Crippen LogP contribution in [-0.4, -0.2) is 23.6 Å². The minimum absolute atomic E-state index is 0.0799. The summed E-state index contributed by atoms with van der Waals surface area (Å²) in [6.45, 7) is 4.17. The van der Waals surface area contributed by atoms with Crippen LogP contribution < -0.4 is 0 Å². The number of carbonyl (C=O) groups excluding carboxylic acids is 1. The number of ether oxygens (including phenoxy) is 2. The first-order chi connectivity index (χ1) is 13.0. The molecule has 0 radical (unpaired) electrons. The largest absolute Gasteiger partial charge is 0.432 e. The van der Waals surface area contributed by atoms with Crippen molar-refractivity contribution < 1.29 is 24.0 Å². The average Bonchev–Trinajstić information content (AvgIpc) is 2.89. The fraction of sp³-hybridized carbons (Fsp3) is 0.682. The monoisotopic (exact) mass is 372 g/mol. The number of benzene rings is 1. The molecule has 5 fully saturated rings. The Hall–Kier alpha value is -1.43. The number of hydrogen-bond acceptors (Lipinski definition) is 5. The van der Waals surface area contributed by atoms with Crippen molar-refractivity contribution in [3.8, 4) is 0 Å². The van der Waals surface area contributed by atoms with E-state index in [0.29, 0.717) is 5.92 Å². The molecule has 146 valence electrons. The highest BCUT2D eigenvalue weighted by Gasteiger charge is 2.70. The lowest BCUT2D eigenvalue weighted by molar-refractivity contribution is -0.559. The van der Waals surface area contributed by atoms with E-state index in [-0.39, 0.29) is 23.7 Å². The first-order valence-electron chi connectivity index (χ1n) is 10.3. The molecular weight excluding hydrogens is 344 g/mol. The molecule has 4 heterocycles. The van der Waals surface area contributed by atoms with Gasteiger partial charge in [-0.2, -0.15) is 0 Å². The molecule has 5 aliphatic rings. The maximum atomic E-state index is 12.9. The fourth-order valence-electron chi connectivity index (χ4n) is 5.90. The summed E-state index contributed by atoms with van der Waals surface area (Å²) >= 11 is 0. The summed E-state index contributed by atoms with van der Waals surface area (Å²) in [7, 11) is 0. The van der Waals surface area contributed by atoms with Crippen molar-refractivity contribution in [1.29, 1.82) is 0 Å². The van der Waals surface area contributed by atoms with Gasteiger partial charge in [-0.15, -0.1) is 0 Å². The normalized spacial score (nSPS) is 45.7. The summed E-state index contributed by atoms with van der Waals surface area (Å²) in [5.41, 5.74) is 0.583. The van der Waals surface area contributed by atoms with E-state index < -0.39 is 17.7 Å². The molecule has 1 aromatic carbocycles. The van der Waals surface area contributed by atoms with Crippen LogP contribution in [0, 0.1) is 23.7 Å². The van der Waals surface area contributed by atoms with Crippen molar-refractivity contribution >= 4 is 5.97 Å². The second-order valence-electron chi connectivity index (χ2n) is 8.98. The molecule has 4 saturated heterocycles. The molecular formula is C22H28O5.